The van der Waals surface area contributed by atoms with E-state index in [-0.39, 0.29) is 18.8 Å². The molecule has 0 saturated heterocycles. The first-order valence-corrected chi connectivity index (χ1v) is 9.70. The summed E-state index contributed by atoms with van der Waals surface area (Å²) in [5.74, 6) is -0.290. The lowest BCUT2D eigenvalue weighted by molar-refractivity contribution is 0.0337. The van der Waals surface area contributed by atoms with E-state index in [2.05, 4.69) is 0 Å². The molecule has 1 aliphatic carbocycles. The zero-order valence-corrected chi connectivity index (χ0v) is 15.2. The number of aryl methyl sites for hydroxylation is 1. The number of aliphatic hydroxyl groups excluding tert-OH is 1. The molecule has 1 atom stereocenters. The van der Waals surface area contributed by atoms with Crippen LogP contribution in [0.3, 0.4) is 0 Å². The van der Waals surface area contributed by atoms with Gasteiger partial charge < -0.3 is 9.84 Å². The van der Waals surface area contributed by atoms with Crippen LogP contribution >= 0.6 is 0 Å². The number of nitrogens with zero attached hydrogens (tertiary/aromatic N) is 1. The Kier molecular flexibility index (Phi) is 5.55. The summed E-state index contributed by atoms with van der Waals surface area (Å²) in [6, 6.07) is 6.98. The molecule has 0 spiro atoms. The molecule has 0 heterocycles. The Bertz CT molecular complexity index is 693. The number of carbonyl (C=O) groups is 1. The second-order valence-corrected chi connectivity index (χ2v) is 8.89. The lowest BCUT2D eigenvalue weighted by atomic mass is 10.1. The largest absolute Gasteiger partial charge is 0.443 e. The topological polar surface area (TPSA) is 83.9 Å². The Morgan fingerprint density at radius 2 is 2.00 bits per heavy atom. The predicted octanol–water partition coefficient (Wildman–Crippen LogP) is 2.62. The van der Waals surface area contributed by atoms with Crippen LogP contribution in [0.5, 0.6) is 0 Å². The van der Waals surface area contributed by atoms with Gasteiger partial charge in [-0.15, -0.1) is 0 Å². The van der Waals surface area contributed by atoms with Crippen molar-refractivity contribution in [2.45, 2.75) is 51.7 Å². The highest BCUT2D eigenvalue weighted by molar-refractivity contribution is 7.89. The monoisotopic (exact) mass is 355 g/mol. The van der Waals surface area contributed by atoms with E-state index in [0.29, 0.717) is 6.42 Å². The minimum atomic E-state index is -3.88. The van der Waals surface area contributed by atoms with Crippen molar-refractivity contribution in [3.8, 4) is 0 Å². The number of amides is 1. The number of benzene rings is 1. The minimum absolute atomic E-state index is 0.0794. The number of hydrogen-bond donors (Lipinski definition) is 1. The Hall–Kier alpha value is -1.60. The molecule has 1 amide bonds. The third kappa shape index (κ3) is 4.27. The summed E-state index contributed by atoms with van der Waals surface area (Å²) in [4.78, 5) is 12.6. The van der Waals surface area contributed by atoms with Crippen LogP contribution in [-0.4, -0.2) is 41.9 Å². The summed E-state index contributed by atoms with van der Waals surface area (Å²) in [7, 11) is -3.88. The number of rotatable bonds is 5. The maximum atomic E-state index is 12.7. The molecule has 1 aliphatic rings. The molecule has 0 bridgehead atoms. The fraction of sp³-hybridized carbons (Fsp3) is 0.588. The first-order valence-electron chi connectivity index (χ1n) is 8.09. The molecule has 0 radical (unpaired) electrons. The summed E-state index contributed by atoms with van der Waals surface area (Å²) in [6.45, 7) is 4.85. The van der Waals surface area contributed by atoms with Crippen LogP contribution in [-0.2, 0) is 21.2 Å². The maximum absolute atomic E-state index is 12.7. The van der Waals surface area contributed by atoms with Gasteiger partial charge in [0.2, 0.25) is 10.0 Å². The zero-order chi connectivity index (χ0) is 18.0. The van der Waals surface area contributed by atoms with Gasteiger partial charge in [0.05, 0.1) is 11.8 Å². The molecule has 6 nitrogen and oxygen atoms in total. The standard InChI is InChI=1S/C17H25NO5S/c1-17(2,3)23-16(20)18(24(21,22)12-6-11-19)15-10-9-13-7-4-5-8-14(13)15/h4-5,7-8,15,19H,6,9-12H2,1-3H3/t15-/m0/s1. The molecule has 7 heteroatoms. The Labute approximate surface area is 143 Å². The fourth-order valence-corrected chi connectivity index (χ4v) is 4.43. The molecular weight excluding hydrogens is 330 g/mol. The Morgan fingerprint density at radius 3 is 2.62 bits per heavy atom. The van der Waals surface area contributed by atoms with Gasteiger partial charge in [-0.25, -0.2) is 13.2 Å². The summed E-state index contributed by atoms with van der Waals surface area (Å²) < 4.78 is 31.7. The fourth-order valence-electron chi connectivity index (χ4n) is 2.87. The van der Waals surface area contributed by atoms with Crippen molar-refractivity contribution in [3.63, 3.8) is 0 Å². The van der Waals surface area contributed by atoms with Gasteiger partial charge in [-0.05, 0) is 51.2 Å². The number of ether oxygens (including phenoxy) is 1. The molecule has 0 fully saturated rings. The lowest BCUT2D eigenvalue weighted by Gasteiger charge is -2.31. The summed E-state index contributed by atoms with van der Waals surface area (Å²) in [5.41, 5.74) is 1.10. The van der Waals surface area contributed by atoms with Crippen molar-refractivity contribution < 1.29 is 23.1 Å². The van der Waals surface area contributed by atoms with Gasteiger partial charge in [0.1, 0.15) is 5.60 Å². The van der Waals surface area contributed by atoms with Crippen molar-refractivity contribution >= 4 is 16.1 Å². The second kappa shape index (κ2) is 7.11. The van der Waals surface area contributed by atoms with Crippen LogP contribution in [0.4, 0.5) is 4.79 Å². The first-order chi connectivity index (χ1) is 11.2. The minimum Gasteiger partial charge on any atom is -0.443 e. The molecule has 1 aromatic rings. The van der Waals surface area contributed by atoms with Gasteiger partial charge in [-0.1, -0.05) is 24.3 Å². The van der Waals surface area contributed by atoms with Crippen molar-refractivity contribution in [3.05, 3.63) is 35.4 Å². The molecule has 1 N–H and O–H groups in total. The highest BCUT2D eigenvalue weighted by atomic mass is 32.2. The molecule has 134 valence electrons. The number of sulfonamides is 1. The van der Waals surface area contributed by atoms with Crippen LogP contribution in [0, 0.1) is 0 Å². The van der Waals surface area contributed by atoms with Gasteiger partial charge in [0.25, 0.3) is 0 Å². The molecule has 0 aromatic heterocycles. The van der Waals surface area contributed by atoms with E-state index in [0.717, 1.165) is 21.9 Å². The van der Waals surface area contributed by atoms with Crippen LogP contribution in [0.15, 0.2) is 24.3 Å². The average molecular weight is 355 g/mol. The molecule has 1 aromatic carbocycles. The maximum Gasteiger partial charge on any atom is 0.424 e. The lowest BCUT2D eigenvalue weighted by Crippen LogP contribution is -2.43. The molecule has 0 saturated carbocycles. The number of aliphatic hydroxyl groups is 1. The van der Waals surface area contributed by atoms with Gasteiger partial charge in [-0.2, -0.15) is 4.31 Å². The van der Waals surface area contributed by atoms with Gasteiger partial charge in [0, 0.05) is 6.61 Å². The third-order valence-corrected chi connectivity index (χ3v) is 5.63. The molecule has 2 rings (SSSR count). The van der Waals surface area contributed by atoms with E-state index in [1.165, 1.54) is 0 Å². The second-order valence-electron chi connectivity index (χ2n) is 6.92. The smallest absolute Gasteiger partial charge is 0.424 e. The number of carbonyl (C=O) groups excluding carboxylic acids is 1. The van der Waals surface area contributed by atoms with Crippen LogP contribution < -0.4 is 0 Å². The summed E-state index contributed by atoms with van der Waals surface area (Å²) in [5, 5.41) is 8.96. The number of hydrogen-bond acceptors (Lipinski definition) is 5. The van der Waals surface area contributed by atoms with E-state index in [9.17, 15) is 13.2 Å². The highest BCUT2D eigenvalue weighted by Gasteiger charge is 2.40. The Balaban J connectivity index is 2.39. The van der Waals surface area contributed by atoms with Crippen LogP contribution in [0.2, 0.25) is 0 Å². The SMILES string of the molecule is CC(C)(C)OC(=O)N([C@H]1CCc2ccccc21)S(=O)(=O)CCCO. The van der Waals surface area contributed by atoms with E-state index < -0.39 is 27.8 Å². The molecule has 0 aliphatic heterocycles. The third-order valence-electron chi connectivity index (χ3n) is 3.82. The summed E-state index contributed by atoms with van der Waals surface area (Å²) in [6.07, 6.45) is 0.477. The van der Waals surface area contributed by atoms with E-state index >= 15 is 0 Å². The molecular formula is C17H25NO5S. The quantitative estimate of drug-likeness (QED) is 0.878. The number of fused-ring (bicyclic) bond motifs is 1. The normalized spacial score (nSPS) is 17.4. The summed E-state index contributed by atoms with van der Waals surface area (Å²) >= 11 is 0. The van der Waals surface area contributed by atoms with Gasteiger partial charge in [0.15, 0.2) is 0 Å². The predicted molar refractivity (Wildman–Crippen MR) is 91.1 cm³/mol. The van der Waals surface area contributed by atoms with Gasteiger partial charge >= 0.3 is 6.09 Å². The van der Waals surface area contributed by atoms with Crippen molar-refractivity contribution in [2.75, 3.05) is 12.4 Å². The van der Waals surface area contributed by atoms with E-state index in [4.69, 9.17) is 9.84 Å². The van der Waals surface area contributed by atoms with Crippen molar-refractivity contribution in [2.24, 2.45) is 0 Å². The average Bonchev–Trinajstić information content (AvgIpc) is 2.87. The van der Waals surface area contributed by atoms with E-state index in [1.807, 2.05) is 24.3 Å². The molecule has 24 heavy (non-hydrogen) atoms. The highest BCUT2D eigenvalue weighted by Crippen LogP contribution is 2.38. The van der Waals surface area contributed by atoms with E-state index in [1.54, 1.807) is 20.8 Å². The Morgan fingerprint density at radius 1 is 1.33 bits per heavy atom. The van der Waals surface area contributed by atoms with Crippen LogP contribution in [0.25, 0.3) is 0 Å². The van der Waals surface area contributed by atoms with Crippen molar-refractivity contribution in [1.82, 2.24) is 4.31 Å². The van der Waals surface area contributed by atoms with Crippen LogP contribution in [0.1, 0.15) is 50.8 Å². The van der Waals surface area contributed by atoms with Gasteiger partial charge in [-0.3, -0.25) is 0 Å². The first kappa shape index (κ1) is 18.7. The van der Waals surface area contributed by atoms with Crippen molar-refractivity contribution in [1.29, 1.82) is 0 Å². The zero-order valence-electron chi connectivity index (χ0n) is 14.4. The molecule has 0 unspecified atom stereocenters.